The number of nitrogens with one attached hydrogen (secondary N) is 1. The average Bonchev–Trinajstić information content (AvgIpc) is 2.56. The molecule has 29 heavy (non-hydrogen) atoms. The van der Waals surface area contributed by atoms with Crippen LogP contribution in [0.5, 0.6) is 0 Å². The SMILES string of the molecule is CC(COC(C)(C)C(C)(C)COC(C)(C)NI)C(C)C(C)(C)OCCC(C)(C)O. The van der Waals surface area contributed by atoms with Gasteiger partial charge in [-0.25, -0.2) is 3.53 Å². The highest BCUT2D eigenvalue weighted by atomic mass is 127. The van der Waals surface area contributed by atoms with Crippen LogP contribution < -0.4 is 3.53 Å². The molecule has 2 N–H and O–H groups in total. The summed E-state index contributed by atoms with van der Waals surface area (Å²) in [5.41, 5.74) is -1.85. The van der Waals surface area contributed by atoms with Gasteiger partial charge in [-0.05, 0) is 73.6 Å². The Balaban J connectivity index is 4.79. The summed E-state index contributed by atoms with van der Waals surface area (Å²) in [6.45, 7) is 26.8. The molecule has 0 aliphatic rings. The fraction of sp³-hybridized carbons (Fsp3) is 1.00. The third kappa shape index (κ3) is 10.6. The molecule has 176 valence electrons. The Hall–Kier alpha value is 0.530. The number of hydrogen-bond acceptors (Lipinski definition) is 5. The first-order chi connectivity index (χ1) is 12.8. The quantitative estimate of drug-likeness (QED) is 0.171. The molecule has 2 atom stereocenters. The van der Waals surface area contributed by atoms with Gasteiger partial charge in [0.05, 0.1) is 36.6 Å². The molecule has 0 bridgehead atoms. The fourth-order valence-electron chi connectivity index (χ4n) is 2.62. The molecule has 0 amide bonds. The van der Waals surface area contributed by atoms with Gasteiger partial charge in [-0.2, -0.15) is 0 Å². The largest absolute Gasteiger partial charge is 0.390 e. The maximum Gasteiger partial charge on any atom is 0.121 e. The van der Waals surface area contributed by atoms with Gasteiger partial charge in [0.2, 0.25) is 0 Å². The Labute approximate surface area is 194 Å². The van der Waals surface area contributed by atoms with Crippen LogP contribution in [0, 0.1) is 17.3 Å². The Morgan fingerprint density at radius 3 is 1.83 bits per heavy atom. The summed E-state index contributed by atoms with van der Waals surface area (Å²) < 4.78 is 21.8. The smallest absolute Gasteiger partial charge is 0.121 e. The van der Waals surface area contributed by atoms with Gasteiger partial charge in [0.15, 0.2) is 0 Å². The highest BCUT2D eigenvalue weighted by molar-refractivity contribution is 14.1. The standard InChI is InChI=1S/C23H48INO4/c1-17(18(2)21(7,8)27-14-13-20(5,6)26)15-28-22(9,10)19(3,4)16-29-23(11,12)25-24/h17-18,25-26H,13-16H2,1-12H3. The first-order valence-electron chi connectivity index (χ1n) is 10.8. The van der Waals surface area contributed by atoms with E-state index in [2.05, 4.69) is 81.8 Å². The lowest BCUT2D eigenvalue weighted by molar-refractivity contribution is -0.163. The van der Waals surface area contributed by atoms with Gasteiger partial charge >= 0.3 is 0 Å². The fourth-order valence-corrected chi connectivity index (χ4v) is 2.78. The second-order valence-corrected chi connectivity index (χ2v) is 11.9. The van der Waals surface area contributed by atoms with Crippen LogP contribution in [-0.2, 0) is 14.2 Å². The summed E-state index contributed by atoms with van der Waals surface area (Å²) in [6.07, 6.45) is 0.623. The van der Waals surface area contributed by atoms with Gasteiger partial charge in [-0.1, -0.05) is 27.7 Å². The maximum atomic E-state index is 9.91. The van der Waals surface area contributed by atoms with Crippen LogP contribution in [-0.4, -0.2) is 47.5 Å². The van der Waals surface area contributed by atoms with E-state index in [1.165, 1.54) is 0 Å². The van der Waals surface area contributed by atoms with E-state index in [1.54, 1.807) is 0 Å². The van der Waals surface area contributed by atoms with Crippen LogP contribution in [0.4, 0.5) is 0 Å². The van der Waals surface area contributed by atoms with Crippen LogP contribution in [0.15, 0.2) is 0 Å². The van der Waals surface area contributed by atoms with Gasteiger partial charge in [-0.15, -0.1) is 0 Å². The minimum absolute atomic E-state index is 0.153. The Morgan fingerprint density at radius 1 is 0.862 bits per heavy atom. The van der Waals surface area contributed by atoms with E-state index in [1.807, 2.05) is 27.7 Å². The van der Waals surface area contributed by atoms with Crippen molar-refractivity contribution in [3.63, 3.8) is 0 Å². The second kappa shape index (κ2) is 10.9. The van der Waals surface area contributed by atoms with Crippen LogP contribution in [0.25, 0.3) is 0 Å². The molecular weight excluding hydrogens is 481 g/mol. The summed E-state index contributed by atoms with van der Waals surface area (Å²) in [7, 11) is 0. The molecule has 0 aromatic heterocycles. The van der Waals surface area contributed by atoms with Gasteiger partial charge < -0.3 is 19.3 Å². The van der Waals surface area contributed by atoms with E-state index in [0.29, 0.717) is 38.1 Å². The van der Waals surface area contributed by atoms with Crippen molar-refractivity contribution in [3.05, 3.63) is 0 Å². The first kappa shape index (κ1) is 29.5. The Bertz CT molecular complexity index is 484. The summed E-state index contributed by atoms with van der Waals surface area (Å²) in [4.78, 5) is 0. The number of halogens is 1. The zero-order valence-corrected chi connectivity index (χ0v) is 23.2. The van der Waals surface area contributed by atoms with Crippen molar-refractivity contribution in [2.75, 3.05) is 19.8 Å². The van der Waals surface area contributed by atoms with Crippen molar-refractivity contribution in [1.82, 2.24) is 3.53 Å². The highest BCUT2D eigenvalue weighted by Crippen LogP contribution is 2.37. The van der Waals surface area contributed by atoms with Crippen molar-refractivity contribution >= 4 is 22.9 Å². The third-order valence-electron chi connectivity index (χ3n) is 6.50. The predicted molar refractivity (Wildman–Crippen MR) is 130 cm³/mol. The van der Waals surface area contributed by atoms with Gasteiger partial charge in [-0.3, -0.25) is 0 Å². The highest BCUT2D eigenvalue weighted by Gasteiger charge is 2.41. The van der Waals surface area contributed by atoms with Crippen molar-refractivity contribution in [1.29, 1.82) is 0 Å². The predicted octanol–water partition coefficient (Wildman–Crippen LogP) is 5.73. The maximum absolute atomic E-state index is 9.91. The van der Waals surface area contributed by atoms with E-state index < -0.39 is 5.60 Å². The lowest BCUT2D eigenvalue weighted by atomic mass is 9.77. The van der Waals surface area contributed by atoms with Crippen molar-refractivity contribution < 1.29 is 19.3 Å². The topological polar surface area (TPSA) is 60.0 Å². The Morgan fingerprint density at radius 2 is 1.38 bits per heavy atom. The molecular formula is C23H48INO4. The van der Waals surface area contributed by atoms with Crippen LogP contribution in [0.1, 0.15) is 89.5 Å². The number of ether oxygens (including phenoxy) is 3. The monoisotopic (exact) mass is 529 g/mol. The lowest BCUT2D eigenvalue weighted by Crippen LogP contribution is -2.49. The molecule has 5 nitrogen and oxygen atoms in total. The lowest BCUT2D eigenvalue weighted by Gasteiger charge is -2.44. The molecule has 0 aliphatic carbocycles. The van der Waals surface area contributed by atoms with E-state index in [4.69, 9.17) is 14.2 Å². The van der Waals surface area contributed by atoms with Gasteiger partial charge in [0.25, 0.3) is 0 Å². The normalized spacial score (nSPS) is 16.8. The zero-order chi connectivity index (χ0) is 23.3. The zero-order valence-electron chi connectivity index (χ0n) is 21.0. The molecule has 0 spiro atoms. The van der Waals surface area contributed by atoms with E-state index >= 15 is 0 Å². The molecule has 0 saturated carbocycles. The van der Waals surface area contributed by atoms with Crippen molar-refractivity contribution in [2.24, 2.45) is 17.3 Å². The molecule has 0 aromatic carbocycles. The van der Waals surface area contributed by atoms with E-state index in [-0.39, 0.29) is 22.3 Å². The molecule has 0 heterocycles. The molecule has 0 fully saturated rings. The summed E-state index contributed by atoms with van der Waals surface area (Å²) in [6, 6.07) is 0. The number of hydrogen-bond donors (Lipinski definition) is 2. The summed E-state index contributed by atoms with van der Waals surface area (Å²) in [5, 5.41) is 9.91. The minimum Gasteiger partial charge on any atom is -0.390 e. The molecule has 0 radical (unpaired) electrons. The number of aliphatic hydroxyl groups is 1. The van der Waals surface area contributed by atoms with Crippen molar-refractivity contribution in [3.8, 4) is 0 Å². The third-order valence-corrected chi connectivity index (χ3v) is 7.80. The molecule has 0 aromatic rings. The van der Waals surface area contributed by atoms with Crippen LogP contribution >= 0.6 is 22.9 Å². The van der Waals surface area contributed by atoms with E-state index in [0.717, 1.165) is 0 Å². The molecule has 0 rings (SSSR count). The average molecular weight is 530 g/mol. The first-order valence-corrected chi connectivity index (χ1v) is 11.9. The molecule has 0 aliphatic heterocycles. The van der Waals surface area contributed by atoms with Gasteiger partial charge in [0, 0.05) is 28.3 Å². The second-order valence-electron chi connectivity index (χ2n) is 11.4. The van der Waals surface area contributed by atoms with Crippen molar-refractivity contribution in [2.45, 2.75) is 112 Å². The van der Waals surface area contributed by atoms with E-state index in [9.17, 15) is 5.11 Å². The number of rotatable bonds is 14. The minimum atomic E-state index is -0.701. The molecule has 6 heteroatoms. The molecule has 2 unspecified atom stereocenters. The van der Waals surface area contributed by atoms with Gasteiger partial charge in [0.1, 0.15) is 5.72 Å². The van der Waals surface area contributed by atoms with Crippen LogP contribution in [0.2, 0.25) is 0 Å². The van der Waals surface area contributed by atoms with Crippen LogP contribution in [0.3, 0.4) is 0 Å². The molecule has 0 saturated heterocycles. The Kier molecular flexibility index (Phi) is 11.1. The summed E-state index contributed by atoms with van der Waals surface area (Å²) in [5.74, 6) is 0.636. The summed E-state index contributed by atoms with van der Waals surface area (Å²) >= 11 is 2.12.